The van der Waals surface area contributed by atoms with E-state index in [1.54, 1.807) is 11.9 Å². The Bertz CT molecular complexity index is 1330. The highest BCUT2D eigenvalue weighted by molar-refractivity contribution is 7.97. The molecule has 2 N–H and O–H groups in total. The molecule has 0 aromatic heterocycles. The minimum absolute atomic E-state index is 0.127. The highest BCUT2D eigenvalue weighted by Gasteiger charge is 2.22. The molecule has 0 spiro atoms. The van der Waals surface area contributed by atoms with Gasteiger partial charge in [0, 0.05) is 24.4 Å². The van der Waals surface area contributed by atoms with Crippen molar-refractivity contribution in [1.29, 1.82) is 0 Å². The van der Waals surface area contributed by atoms with Crippen LogP contribution in [0.3, 0.4) is 0 Å². The maximum Gasteiger partial charge on any atom is 0.221 e. The first kappa shape index (κ1) is 28.4. The SMILES string of the molecule is O=C(CCNSc1ccc2ccccc2c1)NC1CCCc2cc(CN3CCCCC3)ccc21.c1ccccc1. The predicted molar refractivity (Wildman–Crippen MR) is 168 cm³/mol. The summed E-state index contributed by atoms with van der Waals surface area (Å²) in [6.07, 6.45) is 7.81. The third kappa shape index (κ3) is 8.44. The topological polar surface area (TPSA) is 44.4 Å². The number of carbonyl (C=O) groups is 1. The monoisotopic (exact) mass is 551 g/mol. The van der Waals surface area contributed by atoms with E-state index >= 15 is 0 Å². The van der Waals surface area contributed by atoms with Crippen LogP contribution >= 0.6 is 11.9 Å². The van der Waals surface area contributed by atoms with E-state index in [4.69, 9.17) is 0 Å². The molecule has 0 bridgehead atoms. The molecule has 1 amide bonds. The minimum atomic E-state index is 0.127. The molecule has 1 aliphatic carbocycles. The van der Waals surface area contributed by atoms with Crippen molar-refractivity contribution >= 4 is 28.6 Å². The van der Waals surface area contributed by atoms with Crippen LogP contribution in [-0.4, -0.2) is 30.4 Å². The number of fused-ring (bicyclic) bond motifs is 2. The number of hydrogen-bond acceptors (Lipinski definition) is 4. The molecule has 1 unspecified atom stereocenters. The van der Waals surface area contributed by atoms with Gasteiger partial charge in [0.25, 0.3) is 0 Å². The van der Waals surface area contributed by atoms with Crippen LogP contribution in [-0.2, 0) is 17.8 Å². The van der Waals surface area contributed by atoms with E-state index in [1.807, 2.05) is 36.4 Å². The van der Waals surface area contributed by atoms with Crippen LogP contribution in [0.15, 0.2) is 102 Å². The summed E-state index contributed by atoms with van der Waals surface area (Å²) < 4.78 is 3.35. The summed E-state index contributed by atoms with van der Waals surface area (Å²) in [5.41, 5.74) is 4.17. The molecular weight excluding hydrogens is 510 g/mol. The van der Waals surface area contributed by atoms with Crippen LogP contribution in [0, 0.1) is 0 Å². The molecule has 4 nitrogen and oxygen atoms in total. The molecule has 4 aromatic rings. The number of nitrogens with one attached hydrogen (secondary N) is 2. The number of rotatable bonds is 8. The van der Waals surface area contributed by atoms with Gasteiger partial charge in [0.1, 0.15) is 0 Å². The average Bonchev–Trinajstić information content (AvgIpc) is 3.01. The van der Waals surface area contributed by atoms with Gasteiger partial charge >= 0.3 is 0 Å². The Morgan fingerprint density at radius 3 is 2.33 bits per heavy atom. The third-order valence-electron chi connectivity index (χ3n) is 7.74. The Hall–Kier alpha value is -3.12. The maximum absolute atomic E-state index is 12.7. The molecule has 1 atom stereocenters. The minimum Gasteiger partial charge on any atom is -0.349 e. The molecule has 40 heavy (non-hydrogen) atoms. The first-order valence-electron chi connectivity index (χ1n) is 14.8. The van der Waals surface area contributed by atoms with Crippen molar-refractivity contribution in [2.24, 2.45) is 0 Å². The first-order valence-corrected chi connectivity index (χ1v) is 15.6. The molecule has 6 rings (SSSR count). The fourth-order valence-electron chi connectivity index (χ4n) is 5.67. The van der Waals surface area contributed by atoms with E-state index < -0.39 is 0 Å². The van der Waals surface area contributed by atoms with Gasteiger partial charge < -0.3 is 5.32 Å². The number of likely N-dealkylation sites (tertiary alicyclic amines) is 1. The Morgan fingerprint density at radius 1 is 0.800 bits per heavy atom. The molecule has 1 saturated heterocycles. The van der Waals surface area contributed by atoms with Gasteiger partial charge in [-0.15, -0.1) is 0 Å². The number of nitrogens with zero attached hydrogens (tertiary/aromatic N) is 1. The molecule has 1 heterocycles. The second kappa shape index (κ2) is 15.0. The second-order valence-corrected chi connectivity index (χ2v) is 11.8. The summed E-state index contributed by atoms with van der Waals surface area (Å²) in [4.78, 5) is 16.4. The zero-order chi connectivity index (χ0) is 27.4. The van der Waals surface area contributed by atoms with Gasteiger partial charge in [0.15, 0.2) is 0 Å². The lowest BCUT2D eigenvalue weighted by molar-refractivity contribution is -0.121. The molecule has 1 aliphatic heterocycles. The maximum atomic E-state index is 12.7. The standard InChI is InChI=1S/C29H35N3OS.C6H6/c33-29(15-16-30-34-26-13-12-23-7-2-3-8-24(23)20-26)31-28-10-6-9-25-19-22(11-14-27(25)28)21-32-17-4-1-5-18-32;1-2-4-6-5-3-1/h2-3,7-8,11-14,19-20,28,30H,1,4-6,9-10,15-18,21H2,(H,31,33);1-6H. The summed E-state index contributed by atoms with van der Waals surface area (Å²) in [7, 11) is 0. The summed E-state index contributed by atoms with van der Waals surface area (Å²) in [5.74, 6) is 0.127. The van der Waals surface area contributed by atoms with Gasteiger partial charge in [-0.1, -0.05) is 91.3 Å². The lowest BCUT2D eigenvalue weighted by atomic mass is 9.86. The van der Waals surface area contributed by atoms with Crippen molar-refractivity contribution in [3.05, 3.63) is 114 Å². The molecule has 5 heteroatoms. The quantitative estimate of drug-likeness (QED) is 0.174. The number of aryl methyl sites for hydroxylation is 1. The molecule has 4 aromatic carbocycles. The van der Waals surface area contributed by atoms with Crippen LogP contribution in [0.5, 0.6) is 0 Å². The number of amides is 1. The summed E-state index contributed by atoms with van der Waals surface area (Å²) >= 11 is 1.59. The first-order chi connectivity index (χ1) is 19.7. The normalized spacial score (nSPS) is 16.9. The summed E-state index contributed by atoms with van der Waals surface area (Å²) in [6.45, 7) is 4.16. The predicted octanol–water partition coefficient (Wildman–Crippen LogP) is 7.69. The largest absolute Gasteiger partial charge is 0.349 e. The smallest absolute Gasteiger partial charge is 0.221 e. The number of hydrogen-bond donors (Lipinski definition) is 2. The molecular formula is C35H41N3OS. The lowest BCUT2D eigenvalue weighted by Gasteiger charge is -2.29. The van der Waals surface area contributed by atoms with E-state index in [0.29, 0.717) is 13.0 Å². The van der Waals surface area contributed by atoms with E-state index in [-0.39, 0.29) is 11.9 Å². The van der Waals surface area contributed by atoms with Gasteiger partial charge in [0.05, 0.1) is 6.04 Å². The zero-order valence-electron chi connectivity index (χ0n) is 23.4. The second-order valence-electron chi connectivity index (χ2n) is 10.8. The van der Waals surface area contributed by atoms with Crippen LogP contribution < -0.4 is 10.0 Å². The van der Waals surface area contributed by atoms with E-state index in [0.717, 1.165) is 25.8 Å². The molecule has 2 aliphatic rings. The lowest BCUT2D eigenvalue weighted by Crippen LogP contribution is -2.32. The van der Waals surface area contributed by atoms with Gasteiger partial charge in [-0.05, 0) is 96.7 Å². The Morgan fingerprint density at radius 2 is 1.55 bits per heavy atom. The summed E-state index contributed by atoms with van der Waals surface area (Å²) in [5, 5.41) is 5.79. The molecule has 0 radical (unpaired) electrons. The fraction of sp³-hybridized carbons (Fsp3) is 0.343. The highest BCUT2D eigenvalue weighted by atomic mass is 32.2. The highest BCUT2D eigenvalue weighted by Crippen LogP contribution is 2.31. The van der Waals surface area contributed by atoms with Gasteiger partial charge in [0.2, 0.25) is 5.91 Å². The van der Waals surface area contributed by atoms with Gasteiger partial charge in [-0.3, -0.25) is 14.4 Å². The fourth-order valence-corrected chi connectivity index (χ4v) is 6.37. The third-order valence-corrected chi connectivity index (χ3v) is 8.58. The van der Waals surface area contributed by atoms with Crippen LogP contribution in [0.25, 0.3) is 10.8 Å². The number of benzene rings is 4. The van der Waals surface area contributed by atoms with Crippen molar-refractivity contribution in [3.63, 3.8) is 0 Å². The van der Waals surface area contributed by atoms with E-state index in [1.165, 1.54) is 64.7 Å². The zero-order valence-corrected chi connectivity index (χ0v) is 24.2. The van der Waals surface area contributed by atoms with Crippen LogP contribution in [0.4, 0.5) is 0 Å². The van der Waals surface area contributed by atoms with Crippen LogP contribution in [0.2, 0.25) is 0 Å². The van der Waals surface area contributed by atoms with Crippen molar-refractivity contribution in [3.8, 4) is 0 Å². The van der Waals surface area contributed by atoms with Crippen molar-refractivity contribution < 1.29 is 4.79 Å². The molecule has 0 saturated carbocycles. The average molecular weight is 552 g/mol. The number of piperidine rings is 1. The van der Waals surface area contributed by atoms with Crippen LogP contribution in [0.1, 0.15) is 61.3 Å². The Kier molecular flexibility index (Phi) is 10.7. The van der Waals surface area contributed by atoms with Crippen molar-refractivity contribution in [1.82, 2.24) is 14.9 Å². The van der Waals surface area contributed by atoms with Gasteiger partial charge in [-0.2, -0.15) is 0 Å². The Balaban J connectivity index is 0.000000477. The number of carbonyl (C=O) groups excluding carboxylic acids is 1. The molecule has 1 fully saturated rings. The van der Waals surface area contributed by atoms with E-state index in [2.05, 4.69) is 75.6 Å². The summed E-state index contributed by atoms with van der Waals surface area (Å²) in [6, 6.07) is 33.9. The Labute approximate surface area is 243 Å². The van der Waals surface area contributed by atoms with Crippen molar-refractivity contribution in [2.45, 2.75) is 62.4 Å². The van der Waals surface area contributed by atoms with E-state index in [9.17, 15) is 4.79 Å². The van der Waals surface area contributed by atoms with Gasteiger partial charge in [-0.25, -0.2) is 0 Å². The molecule has 208 valence electrons. The van der Waals surface area contributed by atoms with Crippen molar-refractivity contribution in [2.75, 3.05) is 19.6 Å².